The van der Waals surface area contributed by atoms with Gasteiger partial charge in [-0.05, 0) is 56.1 Å². The summed E-state index contributed by atoms with van der Waals surface area (Å²) in [5.74, 6) is 0.527. The average molecular weight is 377 g/mol. The molecule has 18 heavy (non-hydrogen) atoms. The maximum Gasteiger partial charge on any atom is 0.255 e. The van der Waals surface area contributed by atoms with Crippen LogP contribution in [-0.2, 0) is 0 Å². The van der Waals surface area contributed by atoms with Crippen molar-refractivity contribution in [3.05, 3.63) is 45.2 Å². The first kappa shape index (κ1) is 13.3. The molecule has 0 atom stereocenters. The fourth-order valence-electron chi connectivity index (χ4n) is 1.27. The Bertz CT molecular complexity index is 578. The molecule has 0 aliphatic heterocycles. The Hall–Kier alpha value is -1.14. The molecular formula is C12H8Br2FNO2. The molecule has 0 aliphatic rings. The van der Waals surface area contributed by atoms with E-state index in [1.165, 1.54) is 12.3 Å². The Morgan fingerprint density at radius 1 is 1.22 bits per heavy atom. The first-order chi connectivity index (χ1) is 8.60. The lowest BCUT2D eigenvalue weighted by Crippen LogP contribution is -1.93. The molecule has 0 amide bonds. The summed E-state index contributed by atoms with van der Waals surface area (Å²) in [7, 11) is 1.57. The molecule has 0 saturated heterocycles. The second-order valence-corrected chi connectivity index (χ2v) is 5.11. The molecule has 0 radical (unpaired) electrons. The summed E-state index contributed by atoms with van der Waals surface area (Å²) >= 11 is 6.45. The van der Waals surface area contributed by atoms with Crippen molar-refractivity contribution in [2.45, 2.75) is 0 Å². The van der Waals surface area contributed by atoms with Gasteiger partial charge in [-0.1, -0.05) is 0 Å². The summed E-state index contributed by atoms with van der Waals surface area (Å²) in [6.07, 6.45) is 1.47. The highest BCUT2D eigenvalue weighted by atomic mass is 79.9. The van der Waals surface area contributed by atoms with Gasteiger partial charge in [0.25, 0.3) is 5.88 Å². The van der Waals surface area contributed by atoms with E-state index in [9.17, 15) is 4.39 Å². The highest BCUT2D eigenvalue weighted by molar-refractivity contribution is 9.10. The number of rotatable bonds is 3. The second-order valence-electron chi connectivity index (χ2n) is 3.34. The Morgan fingerprint density at radius 3 is 2.61 bits per heavy atom. The number of ether oxygens (including phenoxy) is 2. The van der Waals surface area contributed by atoms with Crippen molar-refractivity contribution in [1.29, 1.82) is 0 Å². The highest BCUT2D eigenvalue weighted by Crippen LogP contribution is 2.33. The molecule has 0 bridgehead atoms. The van der Waals surface area contributed by atoms with Gasteiger partial charge in [-0.25, -0.2) is 9.37 Å². The van der Waals surface area contributed by atoms with Gasteiger partial charge in [0.1, 0.15) is 11.5 Å². The normalized spacial score (nSPS) is 10.2. The van der Waals surface area contributed by atoms with Crippen LogP contribution < -0.4 is 9.47 Å². The molecule has 2 aromatic rings. The van der Waals surface area contributed by atoms with Crippen molar-refractivity contribution in [3.8, 4) is 17.4 Å². The number of methoxy groups -OCH3 is 1. The summed E-state index contributed by atoms with van der Waals surface area (Å²) < 4.78 is 25.2. The van der Waals surface area contributed by atoms with E-state index >= 15 is 0 Å². The number of aromatic nitrogens is 1. The van der Waals surface area contributed by atoms with Crippen molar-refractivity contribution in [3.63, 3.8) is 0 Å². The SMILES string of the molecule is COc1ccc(Oc2ncc(Br)cc2F)c(Br)c1. The van der Waals surface area contributed by atoms with Crippen LogP contribution >= 0.6 is 31.9 Å². The Labute approximate surface area is 120 Å². The molecule has 1 aromatic carbocycles. The number of benzene rings is 1. The van der Waals surface area contributed by atoms with E-state index in [4.69, 9.17) is 9.47 Å². The lowest BCUT2D eigenvalue weighted by molar-refractivity contribution is 0.406. The van der Waals surface area contributed by atoms with Gasteiger partial charge in [0.15, 0.2) is 5.82 Å². The van der Waals surface area contributed by atoms with Gasteiger partial charge in [0, 0.05) is 10.7 Å². The summed E-state index contributed by atoms with van der Waals surface area (Å²) in [4.78, 5) is 3.86. The molecular weight excluding hydrogens is 369 g/mol. The molecule has 6 heteroatoms. The predicted octanol–water partition coefficient (Wildman–Crippen LogP) is 4.55. The van der Waals surface area contributed by atoms with Crippen LogP contribution in [0.15, 0.2) is 39.4 Å². The molecule has 2 rings (SSSR count). The first-order valence-corrected chi connectivity index (χ1v) is 6.51. The average Bonchev–Trinajstić information content (AvgIpc) is 2.34. The predicted molar refractivity (Wildman–Crippen MR) is 72.7 cm³/mol. The first-order valence-electron chi connectivity index (χ1n) is 4.92. The van der Waals surface area contributed by atoms with Gasteiger partial charge in [0.2, 0.25) is 0 Å². The maximum atomic E-state index is 13.6. The molecule has 0 aliphatic carbocycles. The van der Waals surface area contributed by atoms with Gasteiger partial charge in [-0.3, -0.25) is 0 Å². The van der Waals surface area contributed by atoms with Gasteiger partial charge in [-0.15, -0.1) is 0 Å². The standard InChI is InChI=1S/C12H8Br2FNO2/c1-17-8-2-3-11(9(14)5-8)18-12-10(15)4-7(13)6-16-12/h2-6H,1H3. The van der Waals surface area contributed by atoms with Gasteiger partial charge in [0.05, 0.1) is 11.6 Å². The molecule has 1 heterocycles. The number of hydrogen-bond acceptors (Lipinski definition) is 3. The number of halogens is 3. The minimum Gasteiger partial charge on any atom is -0.497 e. The number of hydrogen-bond donors (Lipinski definition) is 0. The molecule has 0 unspecified atom stereocenters. The monoisotopic (exact) mass is 375 g/mol. The van der Waals surface area contributed by atoms with Crippen LogP contribution in [0.5, 0.6) is 17.4 Å². The van der Waals surface area contributed by atoms with Gasteiger partial charge < -0.3 is 9.47 Å². The van der Waals surface area contributed by atoms with Gasteiger partial charge in [-0.2, -0.15) is 0 Å². The van der Waals surface area contributed by atoms with E-state index in [0.29, 0.717) is 20.4 Å². The topological polar surface area (TPSA) is 31.4 Å². The molecule has 0 spiro atoms. The zero-order valence-electron chi connectivity index (χ0n) is 9.28. The Morgan fingerprint density at radius 2 is 2.00 bits per heavy atom. The van der Waals surface area contributed by atoms with E-state index < -0.39 is 5.82 Å². The van der Waals surface area contributed by atoms with Gasteiger partial charge >= 0.3 is 0 Å². The van der Waals surface area contributed by atoms with Crippen molar-refractivity contribution in [1.82, 2.24) is 4.98 Å². The number of pyridine rings is 1. The lowest BCUT2D eigenvalue weighted by Gasteiger charge is -2.08. The molecule has 0 fully saturated rings. The summed E-state index contributed by atoms with van der Waals surface area (Å²) in [5.41, 5.74) is 0. The van der Waals surface area contributed by atoms with Crippen LogP contribution in [-0.4, -0.2) is 12.1 Å². The van der Waals surface area contributed by atoms with Crippen molar-refractivity contribution < 1.29 is 13.9 Å². The number of nitrogens with zero attached hydrogens (tertiary/aromatic N) is 1. The van der Waals surface area contributed by atoms with Crippen LogP contribution in [0, 0.1) is 5.82 Å². The van der Waals surface area contributed by atoms with Crippen molar-refractivity contribution in [2.75, 3.05) is 7.11 Å². The molecule has 3 nitrogen and oxygen atoms in total. The van der Waals surface area contributed by atoms with Crippen LogP contribution in [0.25, 0.3) is 0 Å². The van der Waals surface area contributed by atoms with Crippen LogP contribution in [0.1, 0.15) is 0 Å². The minimum atomic E-state index is -0.535. The van der Waals surface area contributed by atoms with Crippen LogP contribution in [0.3, 0.4) is 0 Å². The third-order valence-corrected chi connectivity index (χ3v) is 3.17. The van der Waals surface area contributed by atoms with Crippen molar-refractivity contribution >= 4 is 31.9 Å². The lowest BCUT2D eigenvalue weighted by atomic mass is 10.3. The van der Waals surface area contributed by atoms with E-state index in [0.717, 1.165) is 0 Å². The zero-order valence-corrected chi connectivity index (χ0v) is 12.5. The van der Waals surface area contributed by atoms with E-state index in [-0.39, 0.29) is 5.88 Å². The second kappa shape index (κ2) is 5.67. The van der Waals surface area contributed by atoms with Crippen LogP contribution in [0.2, 0.25) is 0 Å². The molecule has 0 N–H and O–H groups in total. The van der Waals surface area contributed by atoms with E-state index in [2.05, 4.69) is 36.8 Å². The minimum absolute atomic E-state index is 0.0796. The maximum absolute atomic E-state index is 13.6. The highest BCUT2D eigenvalue weighted by Gasteiger charge is 2.10. The Balaban J connectivity index is 2.28. The van der Waals surface area contributed by atoms with Crippen molar-refractivity contribution in [2.24, 2.45) is 0 Å². The summed E-state index contributed by atoms with van der Waals surface area (Å²) in [6, 6.07) is 6.41. The third-order valence-electron chi connectivity index (χ3n) is 2.12. The van der Waals surface area contributed by atoms with E-state index in [1.807, 2.05) is 0 Å². The quantitative estimate of drug-likeness (QED) is 0.787. The molecule has 1 aromatic heterocycles. The zero-order chi connectivity index (χ0) is 13.1. The molecule has 94 valence electrons. The van der Waals surface area contributed by atoms with Crippen LogP contribution in [0.4, 0.5) is 4.39 Å². The Kier molecular flexibility index (Phi) is 4.19. The smallest absolute Gasteiger partial charge is 0.255 e. The summed E-state index contributed by atoms with van der Waals surface area (Å²) in [5, 5.41) is 0. The fraction of sp³-hybridized carbons (Fsp3) is 0.0833. The molecule has 0 saturated carbocycles. The fourth-order valence-corrected chi connectivity index (χ4v) is 2.01. The van der Waals surface area contributed by atoms with E-state index in [1.54, 1.807) is 25.3 Å². The summed E-state index contributed by atoms with van der Waals surface area (Å²) in [6.45, 7) is 0. The third kappa shape index (κ3) is 3.00. The largest absolute Gasteiger partial charge is 0.497 e.